The molecule has 0 bridgehead atoms. The number of phenols is 1. The Morgan fingerprint density at radius 2 is 2.06 bits per heavy atom. The van der Waals surface area contributed by atoms with Gasteiger partial charge < -0.3 is 20.9 Å². The van der Waals surface area contributed by atoms with Crippen molar-refractivity contribution >= 4 is 12.0 Å². The van der Waals surface area contributed by atoms with E-state index < -0.39 is 12.0 Å². The highest BCUT2D eigenvalue weighted by Gasteiger charge is 2.08. The normalized spacial score (nSPS) is 9.50. The van der Waals surface area contributed by atoms with Crippen molar-refractivity contribution in [2.75, 3.05) is 13.2 Å². The van der Waals surface area contributed by atoms with Gasteiger partial charge in [-0.1, -0.05) is 12.1 Å². The molecule has 0 fully saturated rings. The van der Waals surface area contributed by atoms with E-state index in [0.29, 0.717) is 0 Å². The molecule has 0 saturated heterocycles. The largest absolute Gasteiger partial charge is 0.507 e. The second kappa shape index (κ2) is 5.59. The van der Waals surface area contributed by atoms with E-state index in [4.69, 9.17) is 5.73 Å². The van der Waals surface area contributed by atoms with Crippen molar-refractivity contribution in [3.8, 4) is 5.75 Å². The van der Waals surface area contributed by atoms with E-state index in [0.717, 1.165) is 0 Å². The molecular formula is C10H12N2O4. The second-order valence-electron chi connectivity index (χ2n) is 2.94. The molecule has 0 radical (unpaired) electrons. The van der Waals surface area contributed by atoms with Gasteiger partial charge in [-0.05, 0) is 12.1 Å². The van der Waals surface area contributed by atoms with E-state index in [-0.39, 0.29) is 24.5 Å². The molecule has 0 atom stereocenters. The number of carbonyl (C=O) groups is 2. The number of hydrogen-bond acceptors (Lipinski definition) is 4. The number of nitrogens with one attached hydrogen (secondary N) is 1. The van der Waals surface area contributed by atoms with E-state index in [1.54, 1.807) is 12.1 Å². The third kappa shape index (κ3) is 3.49. The first-order chi connectivity index (χ1) is 7.61. The van der Waals surface area contributed by atoms with Crippen molar-refractivity contribution in [2.24, 2.45) is 5.73 Å². The second-order valence-corrected chi connectivity index (χ2v) is 2.94. The van der Waals surface area contributed by atoms with Crippen LogP contribution in [0.2, 0.25) is 0 Å². The number of para-hydroxylation sites is 1. The highest BCUT2D eigenvalue weighted by atomic mass is 16.5. The molecule has 6 heteroatoms. The number of nitrogens with two attached hydrogens (primary N) is 1. The molecule has 2 amide bonds. The van der Waals surface area contributed by atoms with Crippen LogP contribution in [0.1, 0.15) is 10.4 Å². The molecule has 0 spiro atoms. The number of hydrogen-bond donors (Lipinski definition) is 3. The average molecular weight is 224 g/mol. The Bertz CT molecular complexity index is 392. The van der Waals surface area contributed by atoms with E-state index in [2.05, 4.69) is 10.1 Å². The summed E-state index contributed by atoms with van der Waals surface area (Å²) in [4.78, 5) is 21.7. The molecule has 0 unspecified atom stereocenters. The zero-order chi connectivity index (χ0) is 12.0. The third-order valence-electron chi connectivity index (χ3n) is 1.78. The van der Waals surface area contributed by atoms with Gasteiger partial charge in [-0.15, -0.1) is 0 Å². The molecule has 0 aliphatic heterocycles. The molecule has 1 rings (SSSR count). The van der Waals surface area contributed by atoms with Gasteiger partial charge in [0, 0.05) is 0 Å². The molecule has 16 heavy (non-hydrogen) atoms. The lowest BCUT2D eigenvalue weighted by atomic mass is 10.2. The summed E-state index contributed by atoms with van der Waals surface area (Å²) in [6.07, 6.45) is -0.892. The Kier molecular flexibility index (Phi) is 4.14. The molecule has 6 nitrogen and oxygen atoms in total. The Balaban J connectivity index is 2.41. The predicted octanol–water partition coefficient (Wildman–Crippen LogP) is 0.217. The number of aromatic hydroxyl groups is 1. The zero-order valence-corrected chi connectivity index (χ0v) is 8.47. The Labute approximate surface area is 92.0 Å². The summed E-state index contributed by atoms with van der Waals surface area (Å²) in [6, 6.07) is 6.14. The first kappa shape index (κ1) is 11.8. The summed E-state index contributed by atoms with van der Waals surface area (Å²) in [7, 11) is 0. The number of primary amides is 1. The number of carbonyl (C=O) groups excluding carboxylic acids is 2. The van der Waals surface area contributed by atoms with Crippen LogP contribution in [0.4, 0.5) is 4.79 Å². The van der Waals surface area contributed by atoms with E-state index >= 15 is 0 Å². The number of ether oxygens (including phenoxy) is 1. The Hall–Kier alpha value is -2.24. The molecule has 1 aromatic rings. The van der Waals surface area contributed by atoms with Crippen molar-refractivity contribution in [1.29, 1.82) is 0 Å². The van der Waals surface area contributed by atoms with Crippen LogP contribution in [0.15, 0.2) is 24.3 Å². The van der Waals surface area contributed by atoms with Gasteiger partial charge in [0.15, 0.2) is 0 Å². The van der Waals surface area contributed by atoms with E-state index in [1.807, 2.05) is 0 Å². The van der Waals surface area contributed by atoms with Gasteiger partial charge in [0.05, 0.1) is 12.1 Å². The van der Waals surface area contributed by atoms with Crippen molar-refractivity contribution < 1.29 is 19.4 Å². The van der Waals surface area contributed by atoms with Crippen LogP contribution in [-0.4, -0.2) is 30.3 Å². The molecule has 1 aromatic carbocycles. The van der Waals surface area contributed by atoms with E-state index in [9.17, 15) is 14.7 Å². The highest BCUT2D eigenvalue weighted by Crippen LogP contribution is 2.14. The molecule has 0 aliphatic rings. The average Bonchev–Trinajstić information content (AvgIpc) is 2.24. The van der Waals surface area contributed by atoms with Crippen LogP contribution in [0, 0.1) is 0 Å². The minimum Gasteiger partial charge on any atom is -0.507 e. The SMILES string of the molecule is NC(=O)OCCNC(=O)c1ccccc1O. The van der Waals surface area contributed by atoms with Crippen molar-refractivity contribution in [2.45, 2.75) is 0 Å². The number of benzene rings is 1. The van der Waals surface area contributed by atoms with Gasteiger partial charge in [-0.25, -0.2) is 4.79 Å². The van der Waals surface area contributed by atoms with Gasteiger partial charge in [-0.2, -0.15) is 0 Å². The number of rotatable bonds is 4. The first-order valence-electron chi connectivity index (χ1n) is 4.59. The smallest absolute Gasteiger partial charge is 0.404 e. The highest BCUT2D eigenvalue weighted by molar-refractivity contribution is 5.96. The number of phenolic OH excluding ortho intramolecular Hbond substituents is 1. The topological polar surface area (TPSA) is 102 Å². The minimum absolute atomic E-state index is 0.00529. The zero-order valence-electron chi connectivity index (χ0n) is 8.47. The third-order valence-corrected chi connectivity index (χ3v) is 1.78. The fourth-order valence-electron chi connectivity index (χ4n) is 1.08. The summed E-state index contributed by atoms with van der Waals surface area (Å²) >= 11 is 0. The summed E-state index contributed by atoms with van der Waals surface area (Å²) < 4.78 is 4.42. The van der Waals surface area contributed by atoms with Crippen LogP contribution in [-0.2, 0) is 4.74 Å². The lowest BCUT2D eigenvalue weighted by Gasteiger charge is -2.06. The van der Waals surface area contributed by atoms with Crippen molar-refractivity contribution in [1.82, 2.24) is 5.32 Å². The van der Waals surface area contributed by atoms with Crippen molar-refractivity contribution in [3.05, 3.63) is 29.8 Å². The maximum atomic E-state index is 11.5. The molecule has 0 aliphatic carbocycles. The number of amides is 2. The van der Waals surface area contributed by atoms with Gasteiger partial charge in [0.25, 0.3) is 5.91 Å². The fraction of sp³-hybridized carbons (Fsp3) is 0.200. The standard InChI is InChI=1S/C10H12N2O4/c11-10(15)16-6-5-12-9(14)7-3-1-2-4-8(7)13/h1-4,13H,5-6H2,(H2,11,15)(H,12,14). The molecule has 4 N–H and O–H groups in total. The Morgan fingerprint density at radius 1 is 1.38 bits per heavy atom. The lowest BCUT2D eigenvalue weighted by molar-refractivity contribution is 0.0934. The predicted molar refractivity (Wildman–Crippen MR) is 56.0 cm³/mol. The van der Waals surface area contributed by atoms with Crippen LogP contribution >= 0.6 is 0 Å². The molecule has 0 saturated carbocycles. The Morgan fingerprint density at radius 3 is 2.69 bits per heavy atom. The summed E-state index contributed by atoms with van der Waals surface area (Å²) in [5, 5.41) is 11.8. The molecule has 0 heterocycles. The first-order valence-corrected chi connectivity index (χ1v) is 4.59. The molecule has 86 valence electrons. The van der Waals surface area contributed by atoms with Gasteiger partial charge >= 0.3 is 6.09 Å². The van der Waals surface area contributed by atoms with Crippen LogP contribution in [0.5, 0.6) is 5.75 Å². The summed E-state index contributed by atoms with van der Waals surface area (Å²) in [6.45, 7) is 0.130. The van der Waals surface area contributed by atoms with E-state index in [1.165, 1.54) is 12.1 Å². The van der Waals surface area contributed by atoms with Crippen LogP contribution < -0.4 is 11.1 Å². The lowest BCUT2D eigenvalue weighted by Crippen LogP contribution is -2.29. The fourth-order valence-corrected chi connectivity index (χ4v) is 1.08. The van der Waals surface area contributed by atoms with Gasteiger partial charge in [0.2, 0.25) is 0 Å². The quantitative estimate of drug-likeness (QED) is 0.636. The van der Waals surface area contributed by atoms with Crippen LogP contribution in [0.25, 0.3) is 0 Å². The minimum atomic E-state index is -0.892. The summed E-state index contributed by atoms with van der Waals surface area (Å²) in [5.41, 5.74) is 4.90. The monoisotopic (exact) mass is 224 g/mol. The van der Waals surface area contributed by atoms with Gasteiger partial charge in [-0.3, -0.25) is 4.79 Å². The van der Waals surface area contributed by atoms with Gasteiger partial charge in [0.1, 0.15) is 12.4 Å². The molecule has 0 aromatic heterocycles. The maximum absolute atomic E-state index is 11.5. The van der Waals surface area contributed by atoms with Crippen LogP contribution in [0.3, 0.4) is 0 Å². The molecular weight excluding hydrogens is 212 g/mol. The van der Waals surface area contributed by atoms with Crippen molar-refractivity contribution in [3.63, 3.8) is 0 Å². The maximum Gasteiger partial charge on any atom is 0.404 e. The summed E-state index contributed by atoms with van der Waals surface area (Å²) in [5.74, 6) is -0.540.